The lowest BCUT2D eigenvalue weighted by Crippen LogP contribution is -2.26. The average Bonchev–Trinajstić information content (AvgIpc) is 2.57. The van der Waals surface area contributed by atoms with Gasteiger partial charge in [-0.05, 0) is 49.2 Å². The summed E-state index contributed by atoms with van der Waals surface area (Å²) in [4.78, 5) is 0.100. The van der Waals surface area contributed by atoms with Crippen LogP contribution in [-0.2, 0) is 16.4 Å². The topological polar surface area (TPSA) is 79.2 Å². The standard InChI is InChI=1S/C17H18N2O3S/c1-2-22-16-8-6-14(7-9-16)10-11-19-23(20,21)17-5-3-4-15(12-17)13-18/h3-9,12,19H,2,10-11H2,1H3. The lowest BCUT2D eigenvalue weighted by molar-refractivity contribution is 0.340. The van der Waals surface area contributed by atoms with E-state index in [1.807, 2.05) is 37.3 Å². The fourth-order valence-electron chi connectivity index (χ4n) is 2.06. The van der Waals surface area contributed by atoms with Crippen LogP contribution >= 0.6 is 0 Å². The monoisotopic (exact) mass is 330 g/mol. The van der Waals surface area contributed by atoms with Gasteiger partial charge in [0.1, 0.15) is 5.75 Å². The van der Waals surface area contributed by atoms with E-state index in [9.17, 15) is 8.42 Å². The van der Waals surface area contributed by atoms with Crippen molar-refractivity contribution >= 4 is 10.0 Å². The molecule has 0 saturated heterocycles. The Morgan fingerprint density at radius 1 is 1.17 bits per heavy atom. The molecule has 1 N–H and O–H groups in total. The maximum absolute atomic E-state index is 12.2. The van der Waals surface area contributed by atoms with Gasteiger partial charge in [0.2, 0.25) is 10.0 Å². The highest BCUT2D eigenvalue weighted by Crippen LogP contribution is 2.13. The second kappa shape index (κ2) is 7.77. The molecule has 0 aliphatic heterocycles. The molecule has 6 heteroatoms. The van der Waals surface area contributed by atoms with Crippen LogP contribution in [0.1, 0.15) is 18.1 Å². The van der Waals surface area contributed by atoms with Crippen LogP contribution in [0, 0.1) is 11.3 Å². The first kappa shape index (κ1) is 17.0. The number of nitriles is 1. The van der Waals surface area contributed by atoms with Crippen molar-refractivity contribution in [2.45, 2.75) is 18.2 Å². The maximum atomic E-state index is 12.2. The first-order chi connectivity index (χ1) is 11.0. The summed E-state index contributed by atoms with van der Waals surface area (Å²) in [6.07, 6.45) is 0.573. The summed E-state index contributed by atoms with van der Waals surface area (Å²) in [5, 5.41) is 8.84. The summed E-state index contributed by atoms with van der Waals surface area (Å²) < 4.78 is 32.3. The van der Waals surface area contributed by atoms with Gasteiger partial charge in [-0.2, -0.15) is 5.26 Å². The van der Waals surface area contributed by atoms with Gasteiger partial charge in [0.15, 0.2) is 0 Å². The lowest BCUT2D eigenvalue weighted by atomic mass is 10.1. The number of ether oxygens (including phenoxy) is 1. The molecular formula is C17H18N2O3S. The van der Waals surface area contributed by atoms with Crippen molar-refractivity contribution < 1.29 is 13.2 Å². The Balaban J connectivity index is 1.95. The van der Waals surface area contributed by atoms with Gasteiger partial charge >= 0.3 is 0 Å². The molecule has 23 heavy (non-hydrogen) atoms. The number of sulfonamides is 1. The number of benzene rings is 2. The summed E-state index contributed by atoms with van der Waals surface area (Å²) in [6.45, 7) is 2.82. The Labute approximate surface area is 136 Å². The molecule has 0 atom stereocenters. The van der Waals surface area contributed by atoms with E-state index < -0.39 is 10.0 Å². The summed E-state index contributed by atoms with van der Waals surface area (Å²) in [5.41, 5.74) is 1.33. The van der Waals surface area contributed by atoms with Crippen LogP contribution in [0.15, 0.2) is 53.4 Å². The van der Waals surface area contributed by atoms with Crippen LogP contribution in [0.25, 0.3) is 0 Å². The van der Waals surface area contributed by atoms with Gasteiger partial charge in [0, 0.05) is 6.54 Å². The van der Waals surface area contributed by atoms with Crippen LogP contribution in [0.4, 0.5) is 0 Å². The zero-order valence-corrected chi connectivity index (χ0v) is 13.6. The Morgan fingerprint density at radius 2 is 1.91 bits per heavy atom. The molecule has 0 amide bonds. The molecule has 0 aromatic heterocycles. The van der Waals surface area contributed by atoms with E-state index in [-0.39, 0.29) is 11.4 Å². The van der Waals surface area contributed by atoms with Crippen molar-refractivity contribution in [3.05, 3.63) is 59.7 Å². The molecule has 2 rings (SSSR count). The number of nitrogens with zero attached hydrogens (tertiary/aromatic N) is 1. The van der Waals surface area contributed by atoms with E-state index >= 15 is 0 Å². The quantitative estimate of drug-likeness (QED) is 0.846. The molecule has 120 valence electrons. The van der Waals surface area contributed by atoms with Crippen LogP contribution in [0.3, 0.4) is 0 Å². The molecule has 0 radical (unpaired) electrons. The Hall–Kier alpha value is -2.36. The SMILES string of the molecule is CCOc1ccc(CCNS(=O)(=O)c2cccc(C#N)c2)cc1. The van der Waals surface area contributed by atoms with E-state index in [4.69, 9.17) is 10.00 Å². The van der Waals surface area contributed by atoms with Crippen LogP contribution in [-0.4, -0.2) is 21.6 Å². The van der Waals surface area contributed by atoms with E-state index in [1.54, 1.807) is 12.1 Å². The molecule has 0 unspecified atom stereocenters. The number of hydrogen-bond donors (Lipinski definition) is 1. The van der Waals surface area contributed by atoms with Gasteiger partial charge in [0.25, 0.3) is 0 Å². The predicted octanol–water partition coefficient (Wildman–Crippen LogP) is 2.48. The molecule has 0 heterocycles. The minimum absolute atomic E-state index is 0.100. The van der Waals surface area contributed by atoms with E-state index in [0.717, 1.165) is 11.3 Å². The molecule has 0 fully saturated rings. The zero-order chi connectivity index (χ0) is 16.7. The smallest absolute Gasteiger partial charge is 0.240 e. The third-order valence-electron chi connectivity index (χ3n) is 3.21. The second-order valence-corrected chi connectivity index (χ2v) is 6.63. The zero-order valence-electron chi connectivity index (χ0n) is 12.8. The summed E-state index contributed by atoms with van der Waals surface area (Å²) in [5.74, 6) is 0.796. The third-order valence-corrected chi connectivity index (χ3v) is 4.67. The summed E-state index contributed by atoms with van der Waals surface area (Å²) >= 11 is 0. The van der Waals surface area contributed by atoms with Crippen molar-refractivity contribution in [1.82, 2.24) is 4.72 Å². The van der Waals surface area contributed by atoms with Crippen molar-refractivity contribution in [1.29, 1.82) is 5.26 Å². The molecule has 0 aliphatic rings. The molecule has 2 aromatic carbocycles. The molecule has 0 aliphatic carbocycles. The van der Waals surface area contributed by atoms with Crippen molar-refractivity contribution in [2.75, 3.05) is 13.2 Å². The first-order valence-electron chi connectivity index (χ1n) is 7.26. The highest BCUT2D eigenvalue weighted by atomic mass is 32.2. The molecule has 0 spiro atoms. The molecule has 0 bridgehead atoms. The lowest BCUT2D eigenvalue weighted by Gasteiger charge is -2.08. The molecule has 0 saturated carbocycles. The molecular weight excluding hydrogens is 312 g/mol. The number of hydrogen-bond acceptors (Lipinski definition) is 4. The van der Waals surface area contributed by atoms with Crippen LogP contribution < -0.4 is 9.46 Å². The van der Waals surface area contributed by atoms with Gasteiger partial charge < -0.3 is 4.74 Å². The van der Waals surface area contributed by atoms with Crippen LogP contribution in [0.5, 0.6) is 5.75 Å². The number of nitrogens with one attached hydrogen (secondary N) is 1. The predicted molar refractivity (Wildman–Crippen MR) is 87.7 cm³/mol. The fraction of sp³-hybridized carbons (Fsp3) is 0.235. The summed E-state index contributed by atoms with van der Waals surface area (Å²) in [7, 11) is -3.61. The van der Waals surface area contributed by atoms with Crippen molar-refractivity contribution in [3.63, 3.8) is 0 Å². The van der Waals surface area contributed by atoms with E-state index in [2.05, 4.69) is 4.72 Å². The van der Waals surface area contributed by atoms with E-state index in [0.29, 0.717) is 18.6 Å². The Morgan fingerprint density at radius 3 is 2.57 bits per heavy atom. The maximum Gasteiger partial charge on any atom is 0.240 e. The molecule has 2 aromatic rings. The largest absolute Gasteiger partial charge is 0.494 e. The van der Waals surface area contributed by atoms with Gasteiger partial charge in [-0.3, -0.25) is 0 Å². The normalized spacial score (nSPS) is 11.0. The van der Waals surface area contributed by atoms with Crippen LogP contribution in [0.2, 0.25) is 0 Å². The summed E-state index contributed by atoms with van der Waals surface area (Å²) in [6, 6.07) is 15.4. The van der Waals surface area contributed by atoms with E-state index in [1.165, 1.54) is 12.1 Å². The van der Waals surface area contributed by atoms with Gasteiger partial charge in [-0.15, -0.1) is 0 Å². The molecule has 5 nitrogen and oxygen atoms in total. The van der Waals surface area contributed by atoms with Crippen molar-refractivity contribution in [3.8, 4) is 11.8 Å². The third kappa shape index (κ3) is 4.81. The fourth-order valence-corrected chi connectivity index (χ4v) is 3.14. The minimum Gasteiger partial charge on any atom is -0.494 e. The van der Waals surface area contributed by atoms with Gasteiger partial charge in [-0.1, -0.05) is 18.2 Å². The minimum atomic E-state index is -3.61. The Kier molecular flexibility index (Phi) is 5.74. The van der Waals surface area contributed by atoms with Crippen molar-refractivity contribution in [2.24, 2.45) is 0 Å². The van der Waals surface area contributed by atoms with Gasteiger partial charge in [0.05, 0.1) is 23.1 Å². The highest BCUT2D eigenvalue weighted by Gasteiger charge is 2.13. The Bertz CT molecular complexity index is 793. The highest BCUT2D eigenvalue weighted by molar-refractivity contribution is 7.89. The second-order valence-electron chi connectivity index (χ2n) is 4.86. The number of rotatable bonds is 7. The van der Waals surface area contributed by atoms with Gasteiger partial charge in [-0.25, -0.2) is 13.1 Å². The first-order valence-corrected chi connectivity index (χ1v) is 8.75. The average molecular weight is 330 g/mol.